The van der Waals surface area contributed by atoms with Crippen molar-refractivity contribution in [3.63, 3.8) is 0 Å². The van der Waals surface area contributed by atoms with Gasteiger partial charge >= 0.3 is 0 Å². The van der Waals surface area contributed by atoms with Crippen LogP contribution in [-0.4, -0.2) is 12.4 Å². The normalized spacial score (nSPS) is 11.6. The SMILES string of the molecule is CCCN=C(C)ON. The Morgan fingerprint density at radius 1 is 1.75 bits per heavy atom. The molecule has 0 fully saturated rings. The van der Waals surface area contributed by atoms with Crippen LogP contribution in [0.25, 0.3) is 0 Å². The fourth-order valence-electron chi connectivity index (χ4n) is 0.307. The number of rotatable bonds is 2. The molecule has 2 N–H and O–H groups in total. The van der Waals surface area contributed by atoms with Crippen molar-refractivity contribution < 1.29 is 4.84 Å². The highest BCUT2D eigenvalue weighted by molar-refractivity contribution is 5.72. The zero-order valence-corrected chi connectivity index (χ0v) is 5.35. The Morgan fingerprint density at radius 2 is 2.38 bits per heavy atom. The molecule has 0 radical (unpaired) electrons. The molecule has 0 rings (SSSR count). The third-order valence-electron chi connectivity index (χ3n) is 0.729. The van der Waals surface area contributed by atoms with E-state index in [1.807, 2.05) is 6.92 Å². The fourth-order valence-corrected chi connectivity index (χ4v) is 0.307. The van der Waals surface area contributed by atoms with Crippen molar-refractivity contribution >= 4 is 5.90 Å². The highest BCUT2D eigenvalue weighted by atomic mass is 16.6. The van der Waals surface area contributed by atoms with Crippen LogP contribution in [0, 0.1) is 0 Å². The summed E-state index contributed by atoms with van der Waals surface area (Å²) in [5.74, 6) is 5.33. The van der Waals surface area contributed by atoms with E-state index in [1.54, 1.807) is 6.92 Å². The van der Waals surface area contributed by atoms with Gasteiger partial charge in [-0.15, -0.1) is 0 Å². The van der Waals surface area contributed by atoms with Crippen molar-refractivity contribution in [2.75, 3.05) is 6.54 Å². The summed E-state index contributed by atoms with van der Waals surface area (Å²) in [5, 5.41) is 0. The molecule has 0 heterocycles. The molecule has 0 aliphatic heterocycles. The van der Waals surface area contributed by atoms with Crippen molar-refractivity contribution in [3.05, 3.63) is 0 Å². The number of hydrogen-bond donors (Lipinski definition) is 1. The summed E-state index contributed by atoms with van der Waals surface area (Å²) in [6.45, 7) is 4.58. The first-order valence-electron chi connectivity index (χ1n) is 2.69. The summed E-state index contributed by atoms with van der Waals surface area (Å²) in [7, 11) is 0. The zero-order chi connectivity index (χ0) is 6.41. The molecule has 0 amide bonds. The Morgan fingerprint density at radius 3 is 2.75 bits per heavy atom. The molecule has 8 heavy (non-hydrogen) atoms. The van der Waals surface area contributed by atoms with Gasteiger partial charge in [-0.05, 0) is 6.42 Å². The van der Waals surface area contributed by atoms with Gasteiger partial charge in [0.15, 0.2) is 0 Å². The molecule has 3 nitrogen and oxygen atoms in total. The maximum atomic E-state index is 4.78. The largest absolute Gasteiger partial charge is 0.397 e. The first-order valence-corrected chi connectivity index (χ1v) is 2.69. The number of aliphatic imine (C=N–C) groups is 1. The topological polar surface area (TPSA) is 47.6 Å². The van der Waals surface area contributed by atoms with Gasteiger partial charge in [0.05, 0.1) is 0 Å². The summed E-state index contributed by atoms with van der Waals surface area (Å²) in [6, 6.07) is 0. The molecule has 0 aromatic carbocycles. The van der Waals surface area contributed by atoms with E-state index in [2.05, 4.69) is 9.83 Å². The second-order valence-corrected chi connectivity index (χ2v) is 1.52. The minimum Gasteiger partial charge on any atom is -0.397 e. The van der Waals surface area contributed by atoms with Crippen molar-refractivity contribution in [1.29, 1.82) is 0 Å². The van der Waals surface area contributed by atoms with Gasteiger partial charge in [-0.3, -0.25) is 4.99 Å². The Bertz CT molecular complexity index is 80.5. The van der Waals surface area contributed by atoms with E-state index < -0.39 is 0 Å². The predicted molar refractivity (Wildman–Crippen MR) is 33.5 cm³/mol. The van der Waals surface area contributed by atoms with Gasteiger partial charge in [0.25, 0.3) is 0 Å². The first kappa shape index (κ1) is 7.43. The highest BCUT2D eigenvalue weighted by Gasteiger charge is 1.82. The molecular weight excluding hydrogens is 104 g/mol. The molecule has 0 spiro atoms. The van der Waals surface area contributed by atoms with Crippen LogP contribution in [0.4, 0.5) is 0 Å². The van der Waals surface area contributed by atoms with Crippen LogP contribution >= 0.6 is 0 Å². The molecule has 0 unspecified atom stereocenters. The van der Waals surface area contributed by atoms with E-state index in [-0.39, 0.29) is 0 Å². The molecule has 0 aliphatic carbocycles. The van der Waals surface area contributed by atoms with Crippen LogP contribution in [-0.2, 0) is 4.84 Å². The molecular formula is C5H12N2O. The lowest BCUT2D eigenvalue weighted by Crippen LogP contribution is -2.05. The molecule has 0 saturated carbocycles. The molecule has 0 aromatic rings. The Hall–Kier alpha value is -0.570. The molecule has 3 heteroatoms. The highest BCUT2D eigenvalue weighted by Crippen LogP contribution is 1.79. The fraction of sp³-hybridized carbons (Fsp3) is 0.800. The zero-order valence-electron chi connectivity index (χ0n) is 5.35. The number of hydrogen-bond acceptors (Lipinski definition) is 3. The third-order valence-corrected chi connectivity index (χ3v) is 0.729. The van der Waals surface area contributed by atoms with Crippen molar-refractivity contribution in [3.8, 4) is 0 Å². The van der Waals surface area contributed by atoms with E-state index >= 15 is 0 Å². The van der Waals surface area contributed by atoms with Crippen molar-refractivity contribution in [2.24, 2.45) is 10.9 Å². The molecule has 0 bridgehead atoms. The van der Waals surface area contributed by atoms with Gasteiger partial charge in [-0.1, -0.05) is 6.92 Å². The van der Waals surface area contributed by atoms with Gasteiger partial charge in [-0.2, -0.15) is 5.90 Å². The minimum absolute atomic E-state index is 0.548. The van der Waals surface area contributed by atoms with E-state index in [0.29, 0.717) is 5.90 Å². The quantitative estimate of drug-likeness (QED) is 0.328. The maximum absolute atomic E-state index is 4.78. The summed E-state index contributed by atoms with van der Waals surface area (Å²) in [5.41, 5.74) is 0. The first-order chi connectivity index (χ1) is 3.81. The van der Waals surface area contributed by atoms with Crippen LogP contribution in [0.5, 0.6) is 0 Å². The van der Waals surface area contributed by atoms with Crippen LogP contribution in [0.3, 0.4) is 0 Å². The Balaban J connectivity index is 3.26. The minimum atomic E-state index is 0.548. The summed E-state index contributed by atoms with van der Waals surface area (Å²) in [4.78, 5) is 8.23. The average molecular weight is 116 g/mol. The second kappa shape index (κ2) is 4.59. The lowest BCUT2D eigenvalue weighted by molar-refractivity contribution is 0.316. The molecule has 0 atom stereocenters. The Labute approximate surface area is 49.5 Å². The molecule has 0 saturated heterocycles. The van der Waals surface area contributed by atoms with Crippen LogP contribution in [0.15, 0.2) is 4.99 Å². The lowest BCUT2D eigenvalue weighted by Gasteiger charge is -1.93. The molecule has 48 valence electrons. The van der Waals surface area contributed by atoms with Crippen molar-refractivity contribution in [1.82, 2.24) is 0 Å². The van der Waals surface area contributed by atoms with Crippen molar-refractivity contribution in [2.45, 2.75) is 20.3 Å². The number of nitrogens with zero attached hydrogens (tertiary/aromatic N) is 1. The summed E-state index contributed by atoms with van der Waals surface area (Å²) < 4.78 is 0. The summed E-state index contributed by atoms with van der Waals surface area (Å²) >= 11 is 0. The van der Waals surface area contributed by atoms with Crippen LogP contribution < -0.4 is 5.90 Å². The van der Waals surface area contributed by atoms with Gasteiger partial charge in [-0.25, -0.2) is 0 Å². The number of nitrogens with two attached hydrogens (primary N) is 1. The second-order valence-electron chi connectivity index (χ2n) is 1.52. The van der Waals surface area contributed by atoms with Gasteiger partial charge < -0.3 is 4.84 Å². The molecule has 0 aromatic heterocycles. The van der Waals surface area contributed by atoms with Crippen LogP contribution in [0.1, 0.15) is 20.3 Å². The third kappa shape index (κ3) is 3.61. The van der Waals surface area contributed by atoms with E-state index in [4.69, 9.17) is 5.90 Å². The predicted octanol–water partition coefficient (Wildman–Crippen LogP) is 0.705. The molecule has 0 aliphatic rings. The average Bonchev–Trinajstić information content (AvgIpc) is 1.83. The smallest absolute Gasteiger partial charge is 0.205 e. The lowest BCUT2D eigenvalue weighted by atomic mass is 10.5. The monoisotopic (exact) mass is 116 g/mol. The standard InChI is InChI=1S/C5H12N2O/c1-3-4-7-5(2)8-6/h3-4,6H2,1-2H3. The van der Waals surface area contributed by atoms with E-state index in [0.717, 1.165) is 13.0 Å². The van der Waals surface area contributed by atoms with Gasteiger partial charge in [0, 0.05) is 13.5 Å². The van der Waals surface area contributed by atoms with Gasteiger partial charge in [0.1, 0.15) is 0 Å². The van der Waals surface area contributed by atoms with E-state index in [1.165, 1.54) is 0 Å². The van der Waals surface area contributed by atoms with E-state index in [9.17, 15) is 0 Å². The van der Waals surface area contributed by atoms with Crippen LogP contribution in [0.2, 0.25) is 0 Å². The summed E-state index contributed by atoms with van der Waals surface area (Å²) in [6.07, 6.45) is 1.03. The maximum Gasteiger partial charge on any atom is 0.205 e. The van der Waals surface area contributed by atoms with Gasteiger partial charge in [0.2, 0.25) is 5.90 Å². The Kier molecular flexibility index (Phi) is 4.26.